The van der Waals surface area contributed by atoms with Crippen molar-refractivity contribution in [3.63, 3.8) is 0 Å². The van der Waals surface area contributed by atoms with Crippen molar-refractivity contribution >= 4 is 17.3 Å². The fourth-order valence-electron chi connectivity index (χ4n) is 3.08. The van der Waals surface area contributed by atoms with Gasteiger partial charge in [-0.3, -0.25) is 0 Å². The van der Waals surface area contributed by atoms with Crippen LogP contribution in [0, 0.1) is 0 Å². The first kappa shape index (κ1) is 13.9. The summed E-state index contributed by atoms with van der Waals surface area (Å²) in [5.74, 6) is 2.01. The number of hydrogen-bond donors (Lipinski definition) is 1. The summed E-state index contributed by atoms with van der Waals surface area (Å²) < 4.78 is 0. The van der Waals surface area contributed by atoms with Gasteiger partial charge in [-0.05, 0) is 30.9 Å². The number of para-hydroxylation sites is 1. The Kier molecular flexibility index (Phi) is 4.04. The second-order valence-electron chi connectivity index (χ2n) is 5.41. The van der Waals surface area contributed by atoms with E-state index in [2.05, 4.69) is 51.4 Å². The van der Waals surface area contributed by atoms with Crippen molar-refractivity contribution in [1.82, 2.24) is 9.97 Å². The molecule has 4 heteroatoms. The van der Waals surface area contributed by atoms with E-state index in [0.29, 0.717) is 0 Å². The number of hydrogen-bond acceptors (Lipinski definition) is 4. The summed E-state index contributed by atoms with van der Waals surface area (Å²) in [6.07, 6.45) is 6.06. The van der Waals surface area contributed by atoms with Crippen LogP contribution >= 0.6 is 0 Å². The molecule has 21 heavy (non-hydrogen) atoms. The summed E-state index contributed by atoms with van der Waals surface area (Å²) in [4.78, 5) is 11.3. The lowest BCUT2D eigenvalue weighted by molar-refractivity contribution is 0.751. The van der Waals surface area contributed by atoms with Crippen LogP contribution in [0.1, 0.15) is 30.9 Å². The van der Waals surface area contributed by atoms with Crippen molar-refractivity contribution in [2.45, 2.75) is 32.6 Å². The van der Waals surface area contributed by atoms with Crippen LogP contribution in [0.4, 0.5) is 17.3 Å². The number of aryl methyl sites for hydroxylation is 1. The van der Waals surface area contributed by atoms with E-state index in [1.54, 1.807) is 6.33 Å². The van der Waals surface area contributed by atoms with E-state index < -0.39 is 0 Å². The maximum atomic E-state index is 4.60. The van der Waals surface area contributed by atoms with E-state index in [-0.39, 0.29) is 0 Å². The van der Waals surface area contributed by atoms with Crippen molar-refractivity contribution in [2.75, 3.05) is 23.8 Å². The number of nitrogens with zero attached hydrogens (tertiary/aromatic N) is 3. The smallest absolute Gasteiger partial charge is 0.141 e. The zero-order valence-electron chi connectivity index (χ0n) is 12.8. The SMILES string of the molecule is CCCc1c(NC)ncnc1N1CCCc2ccccc21. The van der Waals surface area contributed by atoms with Gasteiger partial charge in [0.25, 0.3) is 0 Å². The van der Waals surface area contributed by atoms with Crippen molar-refractivity contribution in [1.29, 1.82) is 0 Å². The highest BCUT2D eigenvalue weighted by atomic mass is 15.2. The predicted octanol–water partition coefficient (Wildman–Crippen LogP) is 3.56. The van der Waals surface area contributed by atoms with Gasteiger partial charge in [0, 0.05) is 24.8 Å². The minimum Gasteiger partial charge on any atom is -0.373 e. The normalized spacial score (nSPS) is 13.9. The van der Waals surface area contributed by atoms with Crippen LogP contribution in [0.3, 0.4) is 0 Å². The number of nitrogens with one attached hydrogen (secondary N) is 1. The average molecular weight is 282 g/mol. The van der Waals surface area contributed by atoms with Gasteiger partial charge >= 0.3 is 0 Å². The largest absolute Gasteiger partial charge is 0.373 e. The number of rotatable bonds is 4. The minimum absolute atomic E-state index is 0.949. The lowest BCUT2D eigenvalue weighted by Gasteiger charge is -2.32. The van der Waals surface area contributed by atoms with Crippen LogP contribution in [-0.4, -0.2) is 23.6 Å². The molecule has 4 nitrogen and oxygen atoms in total. The lowest BCUT2D eigenvalue weighted by Crippen LogP contribution is -2.26. The monoisotopic (exact) mass is 282 g/mol. The molecule has 0 radical (unpaired) electrons. The first-order valence-electron chi connectivity index (χ1n) is 7.72. The van der Waals surface area contributed by atoms with Gasteiger partial charge in [-0.25, -0.2) is 9.97 Å². The zero-order chi connectivity index (χ0) is 14.7. The molecule has 0 bridgehead atoms. The van der Waals surface area contributed by atoms with E-state index in [0.717, 1.165) is 37.4 Å². The predicted molar refractivity (Wildman–Crippen MR) is 87.3 cm³/mol. The molecule has 110 valence electrons. The Morgan fingerprint density at radius 2 is 2.10 bits per heavy atom. The number of aromatic nitrogens is 2. The summed E-state index contributed by atoms with van der Waals surface area (Å²) in [5.41, 5.74) is 3.93. The molecule has 2 heterocycles. The first-order valence-corrected chi connectivity index (χ1v) is 7.72. The van der Waals surface area contributed by atoms with Gasteiger partial charge < -0.3 is 10.2 Å². The van der Waals surface area contributed by atoms with Gasteiger partial charge in [-0.15, -0.1) is 0 Å². The summed E-state index contributed by atoms with van der Waals surface area (Å²) >= 11 is 0. The van der Waals surface area contributed by atoms with Gasteiger partial charge in [0.15, 0.2) is 0 Å². The maximum absolute atomic E-state index is 4.60. The van der Waals surface area contributed by atoms with Crippen LogP contribution in [0.2, 0.25) is 0 Å². The van der Waals surface area contributed by atoms with E-state index in [4.69, 9.17) is 0 Å². The molecular formula is C17H22N4. The molecule has 1 aliphatic rings. The Bertz CT molecular complexity index is 624. The quantitative estimate of drug-likeness (QED) is 0.931. The van der Waals surface area contributed by atoms with E-state index in [9.17, 15) is 0 Å². The summed E-state index contributed by atoms with van der Waals surface area (Å²) in [6, 6.07) is 8.65. The summed E-state index contributed by atoms with van der Waals surface area (Å²) in [7, 11) is 1.93. The molecule has 0 spiro atoms. The van der Waals surface area contributed by atoms with Crippen molar-refractivity contribution < 1.29 is 0 Å². The molecule has 1 aromatic carbocycles. The standard InChI is InChI=1S/C17H22N4/c1-3-7-14-16(18-2)19-12-20-17(14)21-11-6-9-13-8-4-5-10-15(13)21/h4-5,8,10,12H,3,6-7,9,11H2,1-2H3,(H,18,19,20). The maximum Gasteiger partial charge on any atom is 0.141 e. The molecule has 3 rings (SSSR count). The molecule has 0 saturated carbocycles. The summed E-state index contributed by atoms with van der Waals surface area (Å²) in [6.45, 7) is 3.22. The third-order valence-corrected chi connectivity index (χ3v) is 4.03. The van der Waals surface area contributed by atoms with E-state index in [1.165, 1.54) is 23.2 Å². The summed E-state index contributed by atoms with van der Waals surface area (Å²) in [5, 5.41) is 3.21. The van der Waals surface area contributed by atoms with Crippen molar-refractivity contribution in [3.05, 3.63) is 41.7 Å². The Morgan fingerprint density at radius 1 is 1.24 bits per heavy atom. The van der Waals surface area contributed by atoms with Crippen molar-refractivity contribution in [2.24, 2.45) is 0 Å². The minimum atomic E-state index is 0.949. The third-order valence-electron chi connectivity index (χ3n) is 4.03. The molecule has 0 aliphatic carbocycles. The topological polar surface area (TPSA) is 41.1 Å². The van der Waals surface area contributed by atoms with Crippen LogP contribution < -0.4 is 10.2 Å². The fourth-order valence-corrected chi connectivity index (χ4v) is 3.08. The molecule has 0 unspecified atom stereocenters. The van der Waals surface area contributed by atoms with Crippen molar-refractivity contribution in [3.8, 4) is 0 Å². The average Bonchev–Trinajstić information content (AvgIpc) is 2.55. The Balaban J connectivity index is 2.09. The van der Waals surface area contributed by atoms with E-state index >= 15 is 0 Å². The Morgan fingerprint density at radius 3 is 2.90 bits per heavy atom. The second-order valence-corrected chi connectivity index (χ2v) is 5.41. The molecule has 1 N–H and O–H groups in total. The molecule has 2 aromatic rings. The lowest BCUT2D eigenvalue weighted by atomic mass is 10.0. The fraction of sp³-hybridized carbons (Fsp3) is 0.412. The molecule has 0 saturated heterocycles. The highest BCUT2D eigenvalue weighted by Gasteiger charge is 2.22. The third kappa shape index (κ3) is 2.58. The molecule has 1 aromatic heterocycles. The molecule has 0 atom stereocenters. The van der Waals surface area contributed by atoms with Crippen LogP contribution in [0.15, 0.2) is 30.6 Å². The van der Waals surface area contributed by atoms with Gasteiger partial charge in [0.05, 0.1) is 0 Å². The van der Waals surface area contributed by atoms with Crippen LogP contribution in [0.5, 0.6) is 0 Å². The zero-order valence-corrected chi connectivity index (χ0v) is 12.8. The highest BCUT2D eigenvalue weighted by molar-refractivity contribution is 5.70. The van der Waals surface area contributed by atoms with Gasteiger partial charge in [-0.1, -0.05) is 31.5 Å². The van der Waals surface area contributed by atoms with Gasteiger partial charge in [-0.2, -0.15) is 0 Å². The number of anilines is 3. The first-order chi connectivity index (χ1) is 10.3. The molecule has 0 amide bonds. The van der Waals surface area contributed by atoms with Crippen LogP contribution in [0.25, 0.3) is 0 Å². The number of fused-ring (bicyclic) bond motifs is 1. The molecular weight excluding hydrogens is 260 g/mol. The van der Waals surface area contributed by atoms with E-state index in [1.807, 2.05) is 7.05 Å². The molecule has 1 aliphatic heterocycles. The second kappa shape index (κ2) is 6.12. The Hall–Kier alpha value is -2.10. The van der Waals surface area contributed by atoms with Gasteiger partial charge in [0.2, 0.25) is 0 Å². The Labute approximate surface area is 126 Å². The van der Waals surface area contributed by atoms with Gasteiger partial charge in [0.1, 0.15) is 18.0 Å². The highest BCUT2D eigenvalue weighted by Crippen LogP contribution is 2.35. The van der Waals surface area contributed by atoms with Crippen LogP contribution in [-0.2, 0) is 12.8 Å². The number of benzene rings is 1. The molecule has 0 fully saturated rings.